The fourth-order valence-electron chi connectivity index (χ4n) is 2.97. The summed E-state index contributed by atoms with van der Waals surface area (Å²) in [4.78, 5) is 14.2. The summed E-state index contributed by atoms with van der Waals surface area (Å²) in [6, 6.07) is 9.98. The number of amides is 1. The number of aromatic nitrogens is 2. The van der Waals surface area contributed by atoms with Crippen LogP contribution in [0.25, 0.3) is 6.08 Å². The van der Waals surface area contributed by atoms with Gasteiger partial charge in [-0.3, -0.25) is 4.79 Å². The van der Waals surface area contributed by atoms with Gasteiger partial charge in [-0.2, -0.15) is 5.10 Å². The monoisotopic (exact) mass is 351 g/mol. The highest BCUT2D eigenvalue weighted by molar-refractivity contribution is 5.91. The lowest BCUT2D eigenvalue weighted by molar-refractivity contribution is -0.116. The summed E-state index contributed by atoms with van der Waals surface area (Å²) in [6.07, 6.45) is 7.66. The molecule has 0 bridgehead atoms. The largest absolute Gasteiger partial charge is 0.370 e. The van der Waals surface area contributed by atoms with Crippen molar-refractivity contribution in [2.45, 2.75) is 19.8 Å². The van der Waals surface area contributed by atoms with Crippen molar-refractivity contribution in [3.05, 3.63) is 53.7 Å². The summed E-state index contributed by atoms with van der Waals surface area (Å²) in [6.45, 7) is 5.30. The molecule has 1 saturated heterocycles. The van der Waals surface area contributed by atoms with Gasteiger partial charge < -0.3 is 15.5 Å². The molecule has 1 aliphatic rings. The van der Waals surface area contributed by atoms with E-state index in [1.807, 2.05) is 43.3 Å². The summed E-state index contributed by atoms with van der Waals surface area (Å²) in [5, 5.41) is 14.2. The van der Waals surface area contributed by atoms with Crippen LogP contribution in [0.5, 0.6) is 0 Å². The zero-order chi connectivity index (χ0) is 18.2. The van der Waals surface area contributed by atoms with E-state index < -0.39 is 0 Å². The number of aryl methyl sites for hydroxylation is 1. The highest BCUT2D eigenvalue weighted by Crippen LogP contribution is 2.20. The molecule has 6 heteroatoms. The maximum Gasteiger partial charge on any atom is 0.244 e. The quantitative estimate of drug-likeness (QED) is 0.593. The Balaban J connectivity index is 1.42. The summed E-state index contributed by atoms with van der Waals surface area (Å²) >= 11 is 0. The first-order chi connectivity index (χ1) is 12.7. The van der Waals surface area contributed by atoms with E-state index in [1.165, 1.54) is 12.8 Å². The average molecular weight is 351 g/mol. The normalized spacial score (nSPS) is 14.0. The number of hydrogen-bond donors (Lipinski definition) is 2. The summed E-state index contributed by atoms with van der Waals surface area (Å²) in [7, 11) is 0. The van der Waals surface area contributed by atoms with Crippen LogP contribution in [-0.4, -0.2) is 42.3 Å². The van der Waals surface area contributed by atoms with E-state index in [0.29, 0.717) is 13.1 Å². The van der Waals surface area contributed by atoms with Crippen LogP contribution in [0.2, 0.25) is 0 Å². The fraction of sp³-hybridized carbons (Fsp3) is 0.350. The van der Waals surface area contributed by atoms with Gasteiger partial charge in [-0.05, 0) is 37.0 Å². The van der Waals surface area contributed by atoms with Crippen molar-refractivity contribution in [3.63, 3.8) is 0 Å². The lowest BCUT2D eigenvalue weighted by atomic mass is 10.1. The number of rotatable bonds is 7. The van der Waals surface area contributed by atoms with Gasteiger partial charge in [0, 0.05) is 38.3 Å². The molecule has 26 heavy (non-hydrogen) atoms. The predicted molar refractivity (Wildman–Crippen MR) is 105 cm³/mol. The smallest absolute Gasteiger partial charge is 0.244 e. The Morgan fingerprint density at radius 3 is 2.85 bits per heavy atom. The molecule has 0 spiro atoms. The maximum atomic E-state index is 11.9. The third kappa shape index (κ3) is 5.05. The van der Waals surface area contributed by atoms with Crippen molar-refractivity contribution < 1.29 is 4.79 Å². The molecule has 0 radical (unpaired) electrons. The predicted octanol–water partition coefficient (Wildman–Crippen LogP) is 2.63. The molecule has 136 valence electrons. The van der Waals surface area contributed by atoms with Gasteiger partial charge in [0.15, 0.2) is 5.82 Å². The lowest BCUT2D eigenvalue weighted by Crippen LogP contribution is -2.27. The van der Waals surface area contributed by atoms with Gasteiger partial charge in [-0.1, -0.05) is 24.3 Å². The average Bonchev–Trinajstić information content (AvgIpc) is 3.20. The molecule has 0 saturated carbocycles. The molecule has 2 heterocycles. The Labute approximate surface area is 154 Å². The second-order valence-electron chi connectivity index (χ2n) is 6.40. The minimum absolute atomic E-state index is 0.105. The van der Waals surface area contributed by atoms with Crippen LogP contribution in [0, 0.1) is 6.92 Å². The first kappa shape index (κ1) is 17.9. The van der Waals surface area contributed by atoms with Crippen molar-refractivity contribution in [1.29, 1.82) is 0 Å². The standard InChI is InChI=1S/C20H25N5O/c1-16-6-2-3-7-17(16)8-9-20(26)22-11-10-21-19-14-18(15-23-24-19)25-12-4-5-13-25/h2-3,6-9,14-15H,4-5,10-13H2,1H3,(H,21,24)(H,22,26)/b9-8+. The van der Waals surface area contributed by atoms with E-state index in [2.05, 4.69) is 25.7 Å². The number of nitrogens with one attached hydrogen (secondary N) is 2. The van der Waals surface area contributed by atoms with Gasteiger partial charge in [0.25, 0.3) is 0 Å². The van der Waals surface area contributed by atoms with Crippen LogP contribution >= 0.6 is 0 Å². The molecule has 1 aliphatic heterocycles. The van der Waals surface area contributed by atoms with E-state index in [4.69, 9.17) is 0 Å². The Hall–Kier alpha value is -2.89. The number of anilines is 2. The van der Waals surface area contributed by atoms with Gasteiger partial charge in [-0.25, -0.2) is 0 Å². The first-order valence-corrected chi connectivity index (χ1v) is 9.05. The van der Waals surface area contributed by atoms with Crippen molar-refractivity contribution in [2.75, 3.05) is 36.4 Å². The molecular formula is C20H25N5O. The fourth-order valence-corrected chi connectivity index (χ4v) is 2.97. The molecule has 0 atom stereocenters. The molecule has 0 aliphatic carbocycles. The molecule has 2 aromatic rings. The van der Waals surface area contributed by atoms with Crippen LogP contribution in [0.1, 0.15) is 24.0 Å². The minimum Gasteiger partial charge on any atom is -0.370 e. The van der Waals surface area contributed by atoms with Crippen molar-refractivity contribution in [2.24, 2.45) is 0 Å². The third-order valence-electron chi connectivity index (χ3n) is 4.44. The van der Waals surface area contributed by atoms with Crippen LogP contribution in [0.15, 0.2) is 42.6 Å². The molecule has 2 N–H and O–H groups in total. The Bertz CT molecular complexity index is 768. The maximum absolute atomic E-state index is 11.9. The highest BCUT2D eigenvalue weighted by Gasteiger charge is 2.13. The molecule has 0 unspecified atom stereocenters. The second-order valence-corrected chi connectivity index (χ2v) is 6.40. The van der Waals surface area contributed by atoms with Gasteiger partial charge >= 0.3 is 0 Å². The van der Waals surface area contributed by atoms with Crippen molar-refractivity contribution in [1.82, 2.24) is 15.5 Å². The molecule has 3 rings (SSSR count). The zero-order valence-electron chi connectivity index (χ0n) is 15.1. The molecule has 1 aromatic carbocycles. The van der Waals surface area contributed by atoms with E-state index in [0.717, 1.165) is 35.7 Å². The van der Waals surface area contributed by atoms with Gasteiger partial charge in [0.05, 0.1) is 11.9 Å². The lowest BCUT2D eigenvalue weighted by Gasteiger charge is -2.17. The second kappa shape index (κ2) is 8.99. The SMILES string of the molecule is Cc1ccccc1/C=C/C(=O)NCCNc1cc(N2CCCC2)cnn1. The number of hydrogen-bond acceptors (Lipinski definition) is 5. The Morgan fingerprint density at radius 1 is 1.23 bits per heavy atom. The van der Waals surface area contributed by atoms with Crippen LogP contribution in [0.3, 0.4) is 0 Å². The number of nitrogens with zero attached hydrogens (tertiary/aromatic N) is 3. The first-order valence-electron chi connectivity index (χ1n) is 9.05. The van der Waals surface area contributed by atoms with Gasteiger partial charge in [0.1, 0.15) is 0 Å². The summed E-state index contributed by atoms with van der Waals surface area (Å²) in [5.74, 6) is 0.631. The van der Waals surface area contributed by atoms with E-state index in [9.17, 15) is 4.79 Å². The third-order valence-corrected chi connectivity index (χ3v) is 4.44. The molecule has 1 fully saturated rings. The highest BCUT2D eigenvalue weighted by atomic mass is 16.1. The minimum atomic E-state index is -0.105. The summed E-state index contributed by atoms with van der Waals surface area (Å²) < 4.78 is 0. The van der Waals surface area contributed by atoms with Crippen LogP contribution in [0.4, 0.5) is 11.5 Å². The molecular weight excluding hydrogens is 326 g/mol. The van der Waals surface area contributed by atoms with E-state index in [-0.39, 0.29) is 5.91 Å². The summed E-state index contributed by atoms with van der Waals surface area (Å²) in [5.41, 5.74) is 3.30. The van der Waals surface area contributed by atoms with E-state index >= 15 is 0 Å². The molecule has 1 aromatic heterocycles. The van der Waals surface area contributed by atoms with Gasteiger partial charge in [-0.15, -0.1) is 5.10 Å². The van der Waals surface area contributed by atoms with Crippen molar-refractivity contribution >= 4 is 23.5 Å². The topological polar surface area (TPSA) is 70.2 Å². The van der Waals surface area contributed by atoms with E-state index in [1.54, 1.807) is 12.3 Å². The molecule has 1 amide bonds. The number of benzene rings is 1. The van der Waals surface area contributed by atoms with Crippen LogP contribution < -0.4 is 15.5 Å². The molecule has 6 nitrogen and oxygen atoms in total. The van der Waals surface area contributed by atoms with Crippen molar-refractivity contribution in [3.8, 4) is 0 Å². The Morgan fingerprint density at radius 2 is 2.04 bits per heavy atom. The Kier molecular flexibility index (Phi) is 6.19. The van der Waals surface area contributed by atoms with Gasteiger partial charge in [0.2, 0.25) is 5.91 Å². The number of carbonyl (C=O) groups is 1. The number of carbonyl (C=O) groups excluding carboxylic acids is 1. The zero-order valence-corrected chi connectivity index (χ0v) is 15.1. The van der Waals surface area contributed by atoms with Crippen LogP contribution in [-0.2, 0) is 4.79 Å².